The molecule has 1 aromatic heterocycles. The first kappa shape index (κ1) is 27.3. The van der Waals surface area contributed by atoms with Crippen molar-refractivity contribution >= 4 is 12.1 Å². The third-order valence-electron chi connectivity index (χ3n) is 5.65. The topological polar surface area (TPSA) is 80.9 Å². The van der Waals surface area contributed by atoms with Crippen LogP contribution in [-0.4, -0.2) is 51.2 Å². The smallest absolute Gasteiger partial charge is 0.414 e. The van der Waals surface area contributed by atoms with E-state index in [2.05, 4.69) is 5.32 Å². The number of carbonyl (C=O) groups excluding carboxylic acids is 1. The number of hydrogen-bond donors (Lipinski definition) is 2. The first-order chi connectivity index (χ1) is 16.1. The average Bonchev–Trinajstić information content (AvgIpc) is 3.19. The summed E-state index contributed by atoms with van der Waals surface area (Å²) >= 11 is 0. The quantitative estimate of drug-likeness (QED) is 0.355. The van der Waals surface area contributed by atoms with Crippen molar-refractivity contribution in [1.29, 1.82) is 0 Å². The lowest BCUT2D eigenvalue weighted by Gasteiger charge is -2.22. The number of carbonyl (C=O) groups is 1. The molecule has 0 aliphatic carbocycles. The van der Waals surface area contributed by atoms with E-state index in [1.54, 1.807) is 25.3 Å². The number of pyridine rings is 1. The molecule has 188 valence electrons. The predicted molar refractivity (Wildman–Crippen MR) is 115 cm³/mol. The molecule has 2 N–H and O–H groups in total. The summed E-state index contributed by atoms with van der Waals surface area (Å²) in [5.41, 5.74) is 2.34. The predicted octanol–water partition coefficient (Wildman–Crippen LogP) is 2.96. The van der Waals surface area contributed by atoms with E-state index in [1.165, 1.54) is 38.0 Å². The van der Waals surface area contributed by atoms with Crippen molar-refractivity contribution in [3.8, 4) is 5.75 Å². The molecule has 1 fully saturated rings. The second kappa shape index (κ2) is 12.0. The number of anilines is 1. The Bertz CT molecular complexity index is 971. The van der Waals surface area contributed by atoms with Crippen LogP contribution in [0.25, 0.3) is 0 Å². The lowest BCUT2D eigenvalue weighted by atomic mass is 9.85. The molecule has 0 radical (unpaired) electrons. The molecule has 34 heavy (non-hydrogen) atoms. The third-order valence-corrected chi connectivity index (χ3v) is 5.65. The van der Waals surface area contributed by atoms with Gasteiger partial charge in [-0.25, -0.2) is 4.39 Å². The van der Waals surface area contributed by atoms with Crippen molar-refractivity contribution < 1.29 is 46.5 Å². The zero-order valence-electron chi connectivity index (χ0n) is 19.4. The van der Waals surface area contributed by atoms with Crippen LogP contribution in [0.4, 0.5) is 23.2 Å². The molecule has 1 aliphatic heterocycles. The number of ether oxygens (including phenoxy) is 2. The van der Waals surface area contributed by atoms with Crippen LogP contribution < -0.4 is 19.6 Å². The number of hydrogen-bond acceptors (Lipinski definition) is 5. The highest BCUT2D eigenvalue weighted by atomic mass is 19.4. The summed E-state index contributed by atoms with van der Waals surface area (Å²) in [6.45, 7) is 3.05. The Morgan fingerprint density at radius 3 is 2.50 bits per heavy atom. The molecular weight excluding hydrogens is 460 g/mol. The molecule has 1 aromatic carbocycles. The molecule has 0 saturated carbocycles. The summed E-state index contributed by atoms with van der Waals surface area (Å²) in [6.07, 6.45) is -3.44. The van der Waals surface area contributed by atoms with Gasteiger partial charge in [0.25, 0.3) is 0 Å². The Labute approximate surface area is 195 Å². The van der Waals surface area contributed by atoms with Gasteiger partial charge in [-0.15, -0.1) is 0 Å². The van der Waals surface area contributed by atoms with Gasteiger partial charge in [-0.2, -0.15) is 13.2 Å². The number of benzene rings is 1. The fourth-order valence-corrected chi connectivity index (χ4v) is 3.88. The van der Waals surface area contributed by atoms with Crippen LogP contribution in [0.3, 0.4) is 0 Å². The minimum atomic E-state index is -4.39. The van der Waals surface area contributed by atoms with Crippen LogP contribution in [0.5, 0.6) is 5.75 Å². The molecule has 1 aliphatic rings. The lowest BCUT2D eigenvalue weighted by molar-refractivity contribution is -0.890. The molecule has 0 spiro atoms. The third kappa shape index (κ3) is 6.35. The van der Waals surface area contributed by atoms with Crippen molar-refractivity contribution in [2.45, 2.75) is 38.5 Å². The van der Waals surface area contributed by atoms with Crippen molar-refractivity contribution in [2.24, 2.45) is 5.92 Å². The maximum atomic E-state index is 13.5. The van der Waals surface area contributed by atoms with Gasteiger partial charge in [-0.3, -0.25) is 9.63 Å². The van der Waals surface area contributed by atoms with Crippen molar-refractivity contribution in [2.75, 3.05) is 32.8 Å². The van der Waals surface area contributed by atoms with Gasteiger partial charge in [0, 0.05) is 33.8 Å². The standard InChI is InChI=1S/C14H16F4O2.C9H12N2O3/c1-7-10(6-20-13(7)14(16,17)18)9-4-5-11(15)8(2)12(9)19-3;1-14-11-6-8(10-7-13)2-3-9(11)4-5-12/h4-5,7,10,13H,6H2,1-3H3;2-3,6-7,12H,4-5H2,1H3/p+1. The van der Waals surface area contributed by atoms with Gasteiger partial charge < -0.3 is 19.9 Å². The van der Waals surface area contributed by atoms with E-state index in [0.29, 0.717) is 35.4 Å². The van der Waals surface area contributed by atoms with Gasteiger partial charge in [-0.1, -0.05) is 13.0 Å². The first-order valence-corrected chi connectivity index (χ1v) is 10.5. The number of amides is 1. The molecule has 3 unspecified atom stereocenters. The van der Waals surface area contributed by atoms with Crippen LogP contribution >= 0.6 is 0 Å². The van der Waals surface area contributed by atoms with E-state index in [1.807, 2.05) is 0 Å². The van der Waals surface area contributed by atoms with Crippen molar-refractivity contribution in [1.82, 2.24) is 0 Å². The number of nitrogens with zero attached hydrogens (tertiary/aromatic N) is 1. The number of aliphatic hydroxyl groups excluding tert-OH is 1. The lowest BCUT2D eigenvalue weighted by Crippen LogP contribution is -2.44. The highest BCUT2D eigenvalue weighted by Gasteiger charge is 2.51. The first-order valence-electron chi connectivity index (χ1n) is 10.5. The SMILES string of the molecule is CO[n+]1cc(NC=O)ccc1CCO.COc1c(C2COC(C(F)(F)F)C2C)ccc(F)c1C. The summed E-state index contributed by atoms with van der Waals surface area (Å²) in [7, 11) is 2.90. The van der Waals surface area contributed by atoms with Gasteiger partial charge in [0.1, 0.15) is 24.4 Å². The van der Waals surface area contributed by atoms with Crippen LogP contribution in [0.15, 0.2) is 30.5 Å². The van der Waals surface area contributed by atoms with E-state index in [9.17, 15) is 22.4 Å². The van der Waals surface area contributed by atoms with Crippen molar-refractivity contribution in [3.05, 3.63) is 53.1 Å². The summed E-state index contributed by atoms with van der Waals surface area (Å²) in [6, 6.07) is 6.26. The van der Waals surface area contributed by atoms with Gasteiger partial charge in [0.15, 0.2) is 6.10 Å². The van der Waals surface area contributed by atoms with E-state index in [-0.39, 0.29) is 13.2 Å². The van der Waals surface area contributed by atoms with E-state index < -0.39 is 29.9 Å². The minimum Gasteiger partial charge on any atom is -0.496 e. The number of aliphatic hydroxyl groups is 1. The average molecular weight is 489 g/mol. The maximum absolute atomic E-state index is 13.5. The summed E-state index contributed by atoms with van der Waals surface area (Å²) in [5, 5.41) is 11.3. The van der Waals surface area contributed by atoms with Gasteiger partial charge in [-0.05, 0) is 19.1 Å². The van der Waals surface area contributed by atoms with E-state index in [4.69, 9.17) is 19.4 Å². The van der Waals surface area contributed by atoms with Gasteiger partial charge in [0.2, 0.25) is 18.3 Å². The summed E-state index contributed by atoms with van der Waals surface area (Å²) < 4.78 is 63.5. The fourth-order valence-electron chi connectivity index (χ4n) is 3.88. The number of methoxy groups -OCH3 is 1. The second-order valence-corrected chi connectivity index (χ2v) is 7.71. The Balaban J connectivity index is 0.000000257. The molecule has 3 atom stereocenters. The fraction of sp³-hybridized carbons (Fsp3) is 0.478. The molecule has 11 heteroatoms. The molecular formula is C23H29F4N2O5+. The van der Waals surface area contributed by atoms with E-state index >= 15 is 0 Å². The molecule has 1 amide bonds. The highest BCUT2D eigenvalue weighted by molar-refractivity contribution is 5.69. The Morgan fingerprint density at radius 2 is 1.97 bits per heavy atom. The Kier molecular flexibility index (Phi) is 9.63. The minimum absolute atomic E-state index is 0.0488. The van der Waals surface area contributed by atoms with Crippen LogP contribution in [0.1, 0.15) is 29.7 Å². The largest absolute Gasteiger partial charge is 0.496 e. The monoisotopic (exact) mass is 489 g/mol. The van der Waals surface area contributed by atoms with E-state index in [0.717, 1.165) is 5.69 Å². The molecule has 2 heterocycles. The number of nitrogens with one attached hydrogen (secondary N) is 1. The Hall–Kier alpha value is -2.92. The molecule has 3 rings (SSSR count). The molecule has 1 saturated heterocycles. The van der Waals surface area contributed by atoms with Crippen LogP contribution in [-0.2, 0) is 16.0 Å². The summed E-state index contributed by atoms with van der Waals surface area (Å²) in [4.78, 5) is 15.2. The maximum Gasteiger partial charge on any atom is 0.414 e. The number of rotatable bonds is 7. The molecule has 7 nitrogen and oxygen atoms in total. The van der Waals surface area contributed by atoms with Crippen LogP contribution in [0, 0.1) is 18.7 Å². The summed E-state index contributed by atoms with van der Waals surface area (Å²) in [5.74, 6) is -1.34. The normalized spacial score (nSPS) is 19.7. The zero-order valence-corrected chi connectivity index (χ0v) is 19.4. The number of aromatic nitrogens is 1. The molecule has 2 aromatic rings. The zero-order chi connectivity index (χ0) is 25.5. The van der Waals surface area contributed by atoms with Crippen LogP contribution in [0.2, 0.25) is 0 Å². The van der Waals surface area contributed by atoms with Gasteiger partial charge in [0.05, 0.1) is 26.7 Å². The highest BCUT2D eigenvalue weighted by Crippen LogP contribution is 2.45. The van der Waals surface area contributed by atoms with Gasteiger partial charge >= 0.3 is 6.18 Å². The number of alkyl halides is 3. The second-order valence-electron chi connectivity index (χ2n) is 7.71. The van der Waals surface area contributed by atoms with Crippen molar-refractivity contribution in [3.63, 3.8) is 0 Å². The Morgan fingerprint density at radius 1 is 1.26 bits per heavy atom. The number of halogens is 4. The molecule has 0 bridgehead atoms.